The predicted molar refractivity (Wildman–Crippen MR) is 89.9 cm³/mol. The van der Waals surface area contributed by atoms with Crippen LogP contribution in [0.15, 0.2) is 30.3 Å². The van der Waals surface area contributed by atoms with Crippen molar-refractivity contribution in [3.8, 4) is 0 Å². The number of rotatable bonds is 10. The number of primary sulfonamides is 1. The summed E-state index contributed by atoms with van der Waals surface area (Å²) in [5.41, 5.74) is 3.58. The van der Waals surface area contributed by atoms with Crippen molar-refractivity contribution in [2.75, 3.05) is 0 Å². The largest absolute Gasteiger partial charge is 0.393 e. The van der Waals surface area contributed by atoms with Gasteiger partial charge in [0.15, 0.2) is 5.67 Å². The number of aliphatic hydroxyl groups excluding tert-OH is 1. The van der Waals surface area contributed by atoms with Crippen LogP contribution >= 0.6 is 0 Å². The lowest BCUT2D eigenvalue weighted by Crippen LogP contribution is -2.39. The molecule has 6 nitrogen and oxygen atoms in total. The van der Waals surface area contributed by atoms with Gasteiger partial charge in [-0.2, -0.15) is 0 Å². The zero-order valence-corrected chi connectivity index (χ0v) is 14.4. The standard InChI is InChI=1S/C16H24FN2O4S/c1-16(17,15(18)21)10-9-14(24(19,22)23)11-13(20)8-7-12-5-3-2-4-6-12/h2-6,8,13-14,20H,7,9-11H2,1H3,(H2,18,21)(H2,19,22,23)/t13-,14+,16?/m0/s1. The predicted octanol–water partition coefficient (Wildman–Crippen LogP) is 0.835. The number of benzene rings is 1. The third kappa shape index (κ3) is 6.94. The lowest BCUT2D eigenvalue weighted by atomic mass is 9.97. The van der Waals surface area contributed by atoms with Crippen molar-refractivity contribution in [2.24, 2.45) is 10.9 Å². The van der Waals surface area contributed by atoms with Crippen LogP contribution in [0, 0.1) is 6.42 Å². The molecule has 8 heteroatoms. The number of carbonyl (C=O) groups excluding carboxylic acids is 1. The monoisotopic (exact) mass is 359 g/mol. The Balaban J connectivity index is 2.61. The minimum absolute atomic E-state index is 0.166. The van der Waals surface area contributed by atoms with Crippen LogP contribution in [0.1, 0.15) is 31.7 Å². The summed E-state index contributed by atoms with van der Waals surface area (Å²) in [7, 11) is -3.99. The molecule has 0 aliphatic heterocycles. The first-order valence-corrected chi connectivity index (χ1v) is 9.19. The highest BCUT2D eigenvalue weighted by molar-refractivity contribution is 7.89. The molecule has 135 valence electrons. The molecule has 0 saturated heterocycles. The van der Waals surface area contributed by atoms with E-state index < -0.39 is 33.0 Å². The highest BCUT2D eigenvalue weighted by atomic mass is 32.2. The molecule has 24 heavy (non-hydrogen) atoms. The van der Waals surface area contributed by atoms with Gasteiger partial charge in [-0.1, -0.05) is 30.3 Å². The van der Waals surface area contributed by atoms with E-state index in [-0.39, 0.29) is 19.3 Å². The Morgan fingerprint density at radius 2 is 1.96 bits per heavy atom. The van der Waals surface area contributed by atoms with Crippen molar-refractivity contribution in [1.82, 2.24) is 0 Å². The number of hydrogen-bond donors (Lipinski definition) is 3. The van der Waals surface area contributed by atoms with Gasteiger partial charge >= 0.3 is 0 Å². The molecule has 1 aromatic carbocycles. The molecule has 1 aromatic rings. The molecule has 3 atom stereocenters. The second kappa shape index (κ2) is 8.55. The van der Waals surface area contributed by atoms with Gasteiger partial charge in [-0.15, -0.1) is 0 Å². The van der Waals surface area contributed by atoms with Crippen LogP contribution in [0.3, 0.4) is 0 Å². The molecule has 0 saturated carbocycles. The van der Waals surface area contributed by atoms with Crippen molar-refractivity contribution in [3.63, 3.8) is 0 Å². The summed E-state index contributed by atoms with van der Waals surface area (Å²) in [5.74, 6) is -1.16. The van der Waals surface area contributed by atoms with Crippen molar-refractivity contribution in [2.45, 2.75) is 49.6 Å². The number of aliphatic hydroxyl groups is 1. The number of primary amides is 1. The molecule has 0 aliphatic carbocycles. The molecular formula is C16H24FN2O4S. The molecule has 1 radical (unpaired) electrons. The van der Waals surface area contributed by atoms with E-state index in [0.717, 1.165) is 12.5 Å². The average Bonchev–Trinajstić information content (AvgIpc) is 2.49. The molecule has 0 aromatic heterocycles. The maximum atomic E-state index is 13.9. The Kier molecular flexibility index (Phi) is 7.31. The minimum atomic E-state index is -3.99. The van der Waals surface area contributed by atoms with E-state index in [2.05, 4.69) is 0 Å². The normalized spacial score (nSPS) is 17.0. The number of nitrogens with two attached hydrogens (primary N) is 2. The number of halogens is 1. The van der Waals surface area contributed by atoms with Gasteiger partial charge in [0, 0.05) is 0 Å². The number of sulfonamides is 1. The van der Waals surface area contributed by atoms with Crippen LogP contribution < -0.4 is 10.9 Å². The summed E-state index contributed by atoms with van der Waals surface area (Å²) in [6, 6.07) is 9.33. The van der Waals surface area contributed by atoms with E-state index in [1.807, 2.05) is 30.3 Å². The van der Waals surface area contributed by atoms with Crippen molar-refractivity contribution in [3.05, 3.63) is 42.3 Å². The highest BCUT2D eigenvalue weighted by Crippen LogP contribution is 2.23. The molecule has 0 fully saturated rings. The van der Waals surface area contributed by atoms with Crippen LogP contribution in [-0.4, -0.2) is 36.5 Å². The summed E-state index contributed by atoms with van der Waals surface area (Å²) in [6.45, 7) is 0.994. The van der Waals surface area contributed by atoms with Crippen LogP contribution in [0.4, 0.5) is 4.39 Å². The van der Waals surface area contributed by atoms with E-state index in [4.69, 9.17) is 10.9 Å². The van der Waals surface area contributed by atoms with Crippen molar-refractivity contribution >= 4 is 15.9 Å². The fourth-order valence-electron chi connectivity index (χ4n) is 2.22. The molecule has 5 N–H and O–H groups in total. The fourth-order valence-corrected chi connectivity index (χ4v) is 3.14. The first-order valence-electron chi connectivity index (χ1n) is 7.58. The number of carbonyl (C=O) groups is 1. The summed E-state index contributed by atoms with van der Waals surface area (Å²) in [6.07, 6.45) is 0.255. The topological polar surface area (TPSA) is 123 Å². The molecular weight excluding hydrogens is 335 g/mol. The highest BCUT2D eigenvalue weighted by Gasteiger charge is 2.34. The van der Waals surface area contributed by atoms with E-state index >= 15 is 0 Å². The van der Waals surface area contributed by atoms with Gasteiger partial charge in [-0.05, 0) is 44.6 Å². The van der Waals surface area contributed by atoms with Gasteiger partial charge in [-0.25, -0.2) is 17.9 Å². The summed E-state index contributed by atoms with van der Waals surface area (Å²) in [5, 5.41) is 14.0. The first-order chi connectivity index (χ1) is 11.0. The van der Waals surface area contributed by atoms with E-state index in [0.29, 0.717) is 6.42 Å². The zero-order chi connectivity index (χ0) is 18.4. The summed E-state index contributed by atoms with van der Waals surface area (Å²) < 4.78 is 37.2. The Bertz CT molecular complexity index is 635. The lowest BCUT2D eigenvalue weighted by molar-refractivity contribution is -0.128. The molecule has 0 heterocycles. The Hall–Kier alpha value is -1.51. The van der Waals surface area contributed by atoms with E-state index in [1.165, 1.54) is 0 Å². The van der Waals surface area contributed by atoms with Gasteiger partial charge in [-0.3, -0.25) is 4.79 Å². The maximum Gasteiger partial charge on any atom is 0.254 e. The molecule has 0 bridgehead atoms. The smallest absolute Gasteiger partial charge is 0.254 e. The molecule has 0 spiro atoms. The molecule has 1 amide bonds. The van der Waals surface area contributed by atoms with Crippen LogP contribution in [-0.2, 0) is 21.2 Å². The van der Waals surface area contributed by atoms with Crippen molar-refractivity contribution in [1.29, 1.82) is 0 Å². The van der Waals surface area contributed by atoms with E-state index in [9.17, 15) is 22.7 Å². The number of hydrogen-bond acceptors (Lipinski definition) is 4. The third-order valence-corrected chi connectivity index (χ3v) is 5.24. The average molecular weight is 359 g/mol. The Morgan fingerprint density at radius 3 is 2.46 bits per heavy atom. The number of alkyl halides is 1. The molecule has 0 aliphatic rings. The van der Waals surface area contributed by atoms with Gasteiger partial charge in [0.25, 0.3) is 5.91 Å². The second-order valence-electron chi connectivity index (χ2n) is 6.04. The summed E-state index contributed by atoms with van der Waals surface area (Å²) in [4.78, 5) is 11.0. The van der Waals surface area contributed by atoms with Crippen LogP contribution in [0.25, 0.3) is 0 Å². The molecule has 1 unspecified atom stereocenters. The van der Waals surface area contributed by atoms with Gasteiger partial charge < -0.3 is 10.8 Å². The third-order valence-electron chi connectivity index (χ3n) is 3.89. The quantitative estimate of drug-likeness (QED) is 0.572. The molecule has 1 rings (SSSR count). The van der Waals surface area contributed by atoms with Gasteiger partial charge in [0.05, 0.1) is 11.4 Å². The van der Waals surface area contributed by atoms with E-state index in [1.54, 1.807) is 6.42 Å². The lowest BCUT2D eigenvalue weighted by Gasteiger charge is -2.22. The van der Waals surface area contributed by atoms with Crippen LogP contribution in [0.2, 0.25) is 0 Å². The fraction of sp³-hybridized carbons (Fsp3) is 0.500. The van der Waals surface area contributed by atoms with Gasteiger partial charge in [0.2, 0.25) is 10.0 Å². The zero-order valence-electron chi connectivity index (χ0n) is 13.6. The maximum absolute atomic E-state index is 13.9. The minimum Gasteiger partial charge on any atom is -0.393 e. The second-order valence-corrected chi connectivity index (χ2v) is 7.88. The number of amides is 1. The van der Waals surface area contributed by atoms with Gasteiger partial charge in [0.1, 0.15) is 0 Å². The Labute approximate surface area is 142 Å². The van der Waals surface area contributed by atoms with Crippen LogP contribution in [0.5, 0.6) is 0 Å². The first kappa shape index (κ1) is 20.5. The van der Waals surface area contributed by atoms with Crippen molar-refractivity contribution < 1.29 is 22.7 Å². The SMILES string of the molecule is CC(F)(CC[C@H](C[C@@H](O)[CH]Cc1ccccc1)S(N)(=O)=O)C(N)=O. The Morgan fingerprint density at radius 1 is 1.38 bits per heavy atom. The summed E-state index contributed by atoms with van der Waals surface area (Å²) >= 11 is 0.